The second-order valence-corrected chi connectivity index (χ2v) is 3.82. The maximum atomic E-state index is 3.93. The molecule has 2 aromatic rings. The predicted molar refractivity (Wildman–Crippen MR) is 40.0 cm³/mol. The third kappa shape index (κ3) is 0.746. The van der Waals surface area contributed by atoms with Crippen LogP contribution in [0.1, 0.15) is 4.88 Å². The Labute approximate surface area is 60.3 Å². The van der Waals surface area contributed by atoms with E-state index in [0.29, 0.717) is 0 Å². The first-order valence-corrected chi connectivity index (χ1v) is 4.14. The van der Waals surface area contributed by atoms with Gasteiger partial charge in [0.05, 0.1) is 4.70 Å². The lowest BCUT2D eigenvalue weighted by molar-refractivity contribution is 1.21. The Morgan fingerprint density at radius 2 is 2.44 bits per heavy atom. The highest BCUT2D eigenvalue weighted by Crippen LogP contribution is 2.24. The summed E-state index contributed by atoms with van der Waals surface area (Å²) >= 11 is 3.15. The Hall–Kier alpha value is -0.480. The summed E-state index contributed by atoms with van der Waals surface area (Å²) in [7, 11) is 0. The summed E-state index contributed by atoms with van der Waals surface area (Å²) < 4.78 is 5.01. The van der Waals surface area contributed by atoms with Gasteiger partial charge in [0, 0.05) is 4.88 Å². The molecule has 0 unspecified atom stereocenters. The Balaban J connectivity index is 2.92. The highest BCUT2D eigenvalue weighted by molar-refractivity contribution is 7.24. The van der Waals surface area contributed by atoms with Gasteiger partial charge in [-0.25, -0.2) is 0 Å². The van der Waals surface area contributed by atoms with E-state index in [1.807, 2.05) is 0 Å². The van der Waals surface area contributed by atoms with E-state index in [1.165, 1.54) is 21.1 Å². The molecule has 0 N–H and O–H groups in total. The maximum absolute atomic E-state index is 3.93. The third-order valence-corrected chi connectivity index (χ3v) is 2.81. The van der Waals surface area contributed by atoms with Crippen molar-refractivity contribution in [1.29, 1.82) is 0 Å². The van der Waals surface area contributed by atoms with Crippen molar-refractivity contribution in [2.24, 2.45) is 0 Å². The molecule has 0 atom stereocenters. The van der Waals surface area contributed by atoms with Crippen LogP contribution < -0.4 is 0 Å². The molecule has 0 aliphatic heterocycles. The first-order valence-electron chi connectivity index (χ1n) is 2.55. The molecule has 0 saturated heterocycles. The molecule has 4 heteroatoms. The minimum Gasteiger partial charge on any atom is -0.127 e. The summed E-state index contributed by atoms with van der Waals surface area (Å²) in [6.07, 6.45) is 0. The van der Waals surface area contributed by atoms with Gasteiger partial charge in [-0.05, 0) is 24.5 Å². The fourth-order valence-corrected chi connectivity index (χ4v) is 2.36. The van der Waals surface area contributed by atoms with Crippen molar-refractivity contribution in [3.05, 3.63) is 10.9 Å². The molecule has 0 aromatic carbocycles. The number of rotatable bonds is 0. The van der Waals surface area contributed by atoms with E-state index < -0.39 is 0 Å². The average molecular weight is 156 g/mol. The smallest absolute Gasteiger partial charge is 0.127 e. The van der Waals surface area contributed by atoms with E-state index in [9.17, 15) is 0 Å². The van der Waals surface area contributed by atoms with Crippen LogP contribution in [0.4, 0.5) is 0 Å². The number of thiophene rings is 1. The van der Waals surface area contributed by atoms with Crippen LogP contribution in [-0.4, -0.2) is 9.59 Å². The largest absolute Gasteiger partial charge is 0.158 e. The molecule has 2 aromatic heterocycles. The number of aromatic nitrogens is 2. The summed E-state index contributed by atoms with van der Waals surface area (Å²) in [6.45, 7) is 2.08. The zero-order valence-electron chi connectivity index (χ0n) is 4.79. The van der Waals surface area contributed by atoms with Gasteiger partial charge in [0.2, 0.25) is 0 Å². The molecule has 9 heavy (non-hydrogen) atoms. The molecule has 0 saturated carbocycles. The summed E-state index contributed by atoms with van der Waals surface area (Å²) in [5.41, 5.74) is 0. The summed E-state index contributed by atoms with van der Waals surface area (Å²) in [4.78, 5) is 2.38. The van der Waals surface area contributed by atoms with Crippen LogP contribution in [0, 0.1) is 6.92 Å². The molecular formula is C5H4N2S2. The van der Waals surface area contributed by atoms with Gasteiger partial charge in [0.25, 0.3) is 0 Å². The molecule has 2 heterocycles. The first kappa shape index (κ1) is 5.32. The van der Waals surface area contributed by atoms with Crippen LogP contribution >= 0.6 is 22.9 Å². The molecule has 46 valence electrons. The molecule has 2 rings (SSSR count). The lowest BCUT2D eigenvalue weighted by atomic mass is 10.5. The molecular weight excluding hydrogens is 152 g/mol. The van der Waals surface area contributed by atoms with E-state index in [4.69, 9.17) is 0 Å². The van der Waals surface area contributed by atoms with Crippen LogP contribution in [0.15, 0.2) is 6.07 Å². The fourth-order valence-electron chi connectivity index (χ4n) is 0.715. The van der Waals surface area contributed by atoms with Crippen LogP contribution in [0.5, 0.6) is 0 Å². The minimum atomic E-state index is 1.07. The number of hydrogen-bond donors (Lipinski definition) is 0. The van der Waals surface area contributed by atoms with E-state index >= 15 is 0 Å². The van der Waals surface area contributed by atoms with E-state index in [-0.39, 0.29) is 0 Å². The summed E-state index contributed by atoms with van der Waals surface area (Å²) in [6, 6.07) is 2.12. The SMILES string of the molecule is Cc1cc2snnc2s1. The van der Waals surface area contributed by atoms with Crippen molar-refractivity contribution in [1.82, 2.24) is 9.59 Å². The maximum Gasteiger partial charge on any atom is 0.158 e. The predicted octanol–water partition coefficient (Wildman–Crippen LogP) is 2.06. The number of aryl methyl sites for hydroxylation is 1. The Bertz CT molecular complexity index is 294. The normalized spacial score (nSPS) is 10.8. The molecule has 0 spiro atoms. The fraction of sp³-hybridized carbons (Fsp3) is 0.200. The Morgan fingerprint density at radius 1 is 1.56 bits per heavy atom. The van der Waals surface area contributed by atoms with Crippen LogP contribution in [0.25, 0.3) is 9.53 Å². The second kappa shape index (κ2) is 1.75. The van der Waals surface area contributed by atoms with Crippen LogP contribution in [0.2, 0.25) is 0 Å². The van der Waals surface area contributed by atoms with E-state index in [0.717, 1.165) is 4.83 Å². The Kier molecular flexibility index (Phi) is 1.03. The van der Waals surface area contributed by atoms with Gasteiger partial charge in [0.15, 0.2) is 4.83 Å². The van der Waals surface area contributed by atoms with Gasteiger partial charge >= 0.3 is 0 Å². The van der Waals surface area contributed by atoms with Gasteiger partial charge in [-0.3, -0.25) is 0 Å². The molecule has 0 radical (unpaired) electrons. The third-order valence-electron chi connectivity index (χ3n) is 1.07. The first-order chi connectivity index (χ1) is 4.36. The number of hydrogen-bond acceptors (Lipinski definition) is 4. The minimum absolute atomic E-state index is 1.07. The topological polar surface area (TPSA) is 25.8 Å². The zero-order chi connectivity index (χ0) is 6.27. The van der Waals surface area contributed by atoms with E-state index in [2.05, 4.69) is 22.6 Å². The second-order valence-electron chi connectivity index (χ2n) is 1.80. The Morgan fingerprint density at radius 3 is 3.22 bits per heavy atom. The van der Waals surface area contributed by atoms with Gasteiger partial charge in [-0.1, -0.05) is 4.49 Å². The van der Waals surface area contributed by atoms with Crippen molar-refractivity contribution in [2.75, 3.05) is 0 Å². The molecule has 0 amide bonds. The lowest BCUT2D eigenvalue weighted by Crippen LogP contribution is -1.56. The van der Waals surface area contributed by atoms with Crippen LogP contribution in [0.3, 0.4) is 0 Å². The molecule has 0 aliphatic carbocycles. The van der Waals surface area contributed by atoms with Crippen molar-refractivity contribution in [3.63, 3.8) is 0 Å². The highest BCUT2D eigenvalue weighted by Gasteiger charge is 1.99. The van der Waals surface area contributed by atoms with Crippen molar-refractivity contribution < 1.29 is 0 Å². The van der Waals surface area contributed by atoms with Gasteiger partial charge in [-0.15, -0.1) is 16.4 Å². The van der Waals surface area contributed by atoms with Gasteiger partial charge in [0.1, 0.15) is 0 Å². The molecule has 0 bridgehead atoms. The van der Waals surface area contributed by atoms with Crippen molar-refractivity contribution in [2.45, 2.75) is 6.92 Å². The highest BCUT2D eigenvalue weighted by atomic mass is 32.1. The van der Waals surface area contributed by atoms with Crippen molar-refractivity contribution >= 4 is 32.4 Å². The zero-order valence-corrected chi connectivity index (χ0v) is 6.42. The average Bonchev–Trinajstić information content (AvgIpc) is 2.22. The van der Waals surface area contributed by atoms with Crippen LogP contribution in [-0.2, 0) is 0 Å². The molecule has 0 fully saturated rings. The summed E-state index contributed by atoms with van der Waals surface area (Å²) in [5, 5.41) is 3.93. The monoisotopic (exact) mass is 156 g/mol. The van der Waals surface area contributed by atoms with Gasteiger partial charge in [-0.2, -0.15) is 0 Å². The quantitative estimate of drug-likeness (QED) is 0.583. The molecule has 0 aliphatic rings. The lowest BCUT2D eigenvalue weighted by Gasteiger charge is -1.68. The van der Waals surface area contributed by atoms with Gasteiger partial charge < -0.3 is 0 Å². The van der Waals surface area contributed by atoms with Crippen molar-refractivity contribution in [3.8, 4) is 0 Å². The number of fused-ring (bicyclic) bond motifs is 1. The number of nitrogens with zero attached hydrogens (tertiary/aromatic N) is 2. The molecule has 2 nitrogen and oxygen atoms in total. The van der Waals surface area contributed by atoms with E-state index in [1.54, 1.807) is 11.3 Å². The standard InChI is InChI=1S/C5H4N2S2/c1-3-2-4-5(8-3)6-7-9-4/h2H,1H3. The summed E-state index contributed by atoms with van der Waals surface area (Å²) in [5.74, 6) is 0.